The van der Waals surface area contributed by atoms with Crippen LogP contribution in [0.4, 0.5) is 0 Å². The fourth-order valence-electron chi connectivity index (χ4n) is 11.0. The van der Waals surface area contributed by atoms with Crippen molar-refractivity contribution >= 4 is 55.8 Å². The first-order chi connectivity index (χ1) is 29.4. The van der Waals surface area contributed by atoms with Crippen molar-refractivity contribution in [2.45, 2.75) is 45.9 Å². The zero-order valence-electron chi connectivity index (χ0n) is 34.4. The summed E-state index contributed by atoms with van der Waals surface area (Å²) in [6.07, 6.45) is 12.4. The second-order valence-electron chi connectivity index (χ2n) is 17.4. The molecule has 1 aromatic heterocycles. The summed E-state index contributed by atoms with van der Waals surface area (Å²) in [6, 6.07) is 49.1. The maximum absolute atomic E-state index is 7.07. The number of aromatic nitrogens is 1. The van der Waals surface area contributed by atoms with Crippen LogP contribution in [0.5, 0.6) is 17.2 Å². The molecule has 0 fully saturated rings. The summed E-state index contributed by atoms with van der Waals surface area (Å²) >= 11 is 0. The van der Waals surface area contributed by atoms with Crippen LogP contribution >= 0.6 is 0 Å². The van der Waals surface area contributed by atoms with Crippen LogP contribution in [0.15, 0.2) is 175 Å². The fourth-order valence-corrected chi connectivity index (χ4v) is 11.0. The lowest BCUT2D eigenvalue weighted by molar-refractivity contribution is 0.392. The Bertz CT molecular complexity index is 3230. The molecule has 0 amide bonds. The molecule has 3 nitrogen and oxygen atoms in total. The Morgan fingerprint density at radius 2 is 1.40 bits per heavy atom. The molecule has 0 spiro atoms. The summed E-state index contributed by atoms with van der Waals surface area (Å²) < 4.78 is 16.5. The molecule has 4 heteroatoms. The molecule has 8 aromatic rings. The van der Waals surface area contributed by atoms with E-state index in [0.29, 0.717) is 11.8 Å². The smallest absolute Gasteiger partial charge is 0.234 e. The Morgan fingerprint density at radius 1 is 0.650 bits per heavy atom. The molecule has 3 unspecified atom stereocenters. The van der Waals surface area contributed by atoms with Gasteiger partial charge in [-0.15, -0.1) is 0 Å². The van der Waals surface area contributed by atoms with Crippen molar-refractivity contribution in [3.63, 3.8) is 0 Å². The zero-order chi connectivity index (χ0) is 40.2. The van der Waals surface area contributed by atoms with Crippen molar-refractivity contribution < 1.29 is 9.47 Å². The molecule has 2 aliphatic heterocycles. The van der Waals surface area contributed by atoms with E-state index in [2.05, 4.69) is 196 Å². The maximum Gasteiger partial charge on any atom is 0.234 e. The topological polar surface area (TPSA) is 23.4 Å². The van der Waals surface area contributed by atoms with Gasteiger partial charge in [0.25, 0.3) is 0 Å². The summed E-state index contributed by atoms with van der Waals surface area (Å²) in [5, 5.41) is 5.02. The largest absolute Gasteiger partial charge is 0.463 e. The minimum atomic E-state index is 0.117. The fraction of sp³-hybridized carbons (Fsp3) is 0.143. The average Bonchev–Trinajstić information content (AvgIpc) is 3.58. The third kappa shape index (κ3) is 5.36. The highest BCUT2D eigenvalue weighted by Gasteiger charge is 2.46. The lowest BCUT2D eigenvalue weighted by Crippen LogP contribution is -2.53. The van der Waals surface area contributed by atoms with Crippen molar-refractivity contribution in [2.75, 3.05) is 0 Å². The first-order valence-electron chi connectivity index (χ1n) is 21.4. The highest BCUT2D eigenvalue weighted by Crippen LogP contribution is 2.47. The van der Waals surface area contributed by atoms with Gasteiger partial charge in [-0.25, -0.2) is 0 Å². The quantitative estimate of drug-likeness (QED) is 0.166. The van der Waals surface area contributed by atoms with Gasteiger partial charge < -0.3 is 14.0 Å². The predicted octanol–water partition coefficient (Wildman–Crippen LogP) is 13.3. The zero-order valence-corrected chi connectivity index (χ0v) is 34.4. The molecule has 7 aromatic carbocycles. The molecule has 0 saturated carbocycles. The number of benzene rings is 7. The molecular formula is C56H44BNO2. The Hall–Kier alpha value is -6.78. The lowest BCUT2D eigenvalue weighted by Gasteiger charge is -2.40. The molecule has 0 bridgehead atoms. The molecule has 2 aliphatic carbocycles. The summed E-state index contributed by atoms with van der Waals surface area (Å²) in [4.78, 5) is 0. The number of fused-ring (bicyclic) bond motifs is 8. The average molecular weight is 774 g/mol. The van der Waals surface area contributed by atoms with Crippen LogP contribution in [0.1, 0.15) is 48.4 Å². The van der Waals surface area contributed by atoms with Gasteiger partial charge in [0.2, 0.25) is 6.71 Å². The molecule has 0 N–H and O–H groups in total. The minimum absolute atomic E-state index is 0.117. The SMILES string of the molecule is CC1=CC=CC(C)C1c1ccc2c(c1)Oc1cc(-c3ccc(-n4c5ccccc5c5cc6ccccc6cc54)cc3)cc3c1B2C1CC=C(c2c(C)cccc2C)C=C1O3. The molecule has 12 rings (SSSR count). The second kappa shape index (κ2) is 13.4. The van der Waals surface area contributed by atoms with Gasteiger partial charge in [0.1, 0.15) is 23.0 Å². The van der Waals surface area contributed by atoms with E-state index < -0.39 is 0 Å². The minimum Gasteiger partial charge on any atom is -0.463 e. The van der Waals surface area contributed by atoms with Gasteiger partial charge in [-0.3, -0.25) is 0 Å². The van der Waals surface area contributed by atoms with Gasteiger partial charge in [0.05, 0.1) is 11.0 Å². The number of hydrogen-bond acceptors (Lipinski definition) is 2. The Morgan fingerprint density at radius 3 is 2.20 bits per heavy atom. The standard InChI is InChI=1S/C56H44BNO2/c1-33-11-9-12-34(2)54(33)40-21-25-46-50(29-40)59-52-31-42(32-53-56(52)57(46)47-26-22-41(30-51(47)60-53)55-35(3)13-10-14-36(55)4)37-19-23-43(24-20-37)58-48-18-8-7-17-44(48)45-27-38-15-5-6-16-39(38)28-49(45)58/h5-25,27-33,47,54H,26H2,1-4H3. The van der Waals surface area contributed by atoms with Gasteiger partial charge >= 0.3 is 0 Å². The van der Waals surface area contributed by atoms with Crippen LogP contribution in [0.3, 0.4) is 0 Å². The van der Waals surface area contributed by atoms with E-state index in [9.17, 15) is 0 Å². The molecule has 4 aliphatic rings. The van der Waals surface area contributed by atoms with Gasteiger partial charge in [0.15, 0.2) is 0 Å². The second-order valence-corrected chi connectivity index (χ2v) is 17.4. The first-order valence-corrected chi connectivity index (χ1v) is 21.4. The van der Waals surface area contributed by atoms with Crippen LogP contribution in [0.2, 0.25) is 5.82 Å². The Kier molecular flexibility index (Phi) is 7.84. The Balaban J connectivity index is 0.986. The number of allylic oxidation sites excluding steroid dienone is 8. The molecule has 3 heterocycles. The van der Waals surface area contributed by atoms with Crippen LogP contribution in [0, 0.1) is 19.8 Å². The van der Waals surface area contributed by atoms with E-state index in [1.54, 1.807) is 0 Å². The van der Waals surface area contributed by atoms with E-state index in [1.165, 1.54) is 71.4 Å². The third-order valence-corrected chi connectivity index (χ3v) is 13.8. The molecule has 288 valence electrons. The normalized spacial score (nSPS) is 18.9. The number of aryl methyl sites for hydroxylation is 2. The van der Waals surface area contributed by atoms with Gasteiger partial charge in [-0.05, 0) is 143 Å². The van der Waals surface area contributed by atoms with Crippen LogP contribution in [0.25, 0.3) is 55.0 Å². The van der Waals surface area contributed by atoms with Gasteiger partial charge in [-0.1, -0.05) is 122 Å². The molecular weight excluding hydrogens is 729 g/mol. The summed E-state index contributed by atoms with van der Waals surface area (Å²) in [7, 11) is 0. The van der Waals surface area contributed by atoms with Gasteiger partial charge in [-0.2, -0.15) is 0 Å². The predicted molar refractivity (Wildman–Crippen MR) is 251 cm³/mol. The van der Waals surface area contributed by atoms with Crippen molar-refractivity contribution in [2.24, 2.45) is 5.92 Å². The first kappa shape index (κ1) is 35.2. The molecule has 0 radical (unpaired) electrons. The van der Waals surface area contributed by atoms with E-state index >= 15 is 0 Å². The number of para-hydroxylation sites is 1. The molecule has 3 atom stereocenters. The summed E-state index contributed by atoms with van der Waals surface area (Å²) in [5.74, 6) is 4.68. The van der Waals surface area contributed by atoms with Crippen molar-refractivity contribution in [3.05, 3.63) is 197 Å². The van der Waals surface area contributed by atoms with Crippen molar-refractivity contribution in [3.8, 4) is 34.1 Å². The van der Waals surface area contributed by atoms with E-state index in [0.717, 1.165) is 51.7 Å². The number of rotatable bonds is 4. The maximum atomic E-state index is 7.07. The highest BCUT2D eigenvalue weighted by molar-refractivity contribution is 6.89. The van der Waals surface area contributed by atoms with Crippen LogP contribution in [-0.2, 0) is 0 Å². The molecule has 60 heavy (non-hydrogen) atoms. The lowest BCUT2D eigenvalue weighted by atomic mass is 9.30. The van der Waals surface area contributed by atoms with Crippen molar-refractivity contribution in [1.82, 2.24) is 4.57 Å². The van der Waals surface area contributed by atoms with E-state index in [-0.39, 0.29) is 12.5 Å². The van der Waals surface area contributed by atoms with Crippen LogP contribution < -0.4 is 20.4 Å². The van der Waals surface area contributed by atoms with Gasteiger partial charge in [0, 0.05) is 33.7 Å². The monoisotopic (exact) mass is 773 g/mol. The third-order valence-electron chi connectivity index (χ3n) is 13.8. The Labute approximate surface area is 351 Å². The molecule has 0 saturated heterocycles. The number of nitrogens with zero attached hydrogens (tertiary/aromatic N) is 1. The van der Waals surface area contributed by atoms with E-state index in [1.807, 2.05) is 0 Å². The van der Waals surface area contributed by atoms with Crippen molar-refractivity contribution in [1.29, 1.82) is 0 Å². The number of hydrogen-bond donors (Lipinski definition) is 0. The summed E-state index contributed by atoms with van der Waals surface area (Å²) in [6.45, 7) is 9.11. The van der Waals surface area contributed by atoms with Crippen LogP contribution in [-0.4, -0.2) is 11.3 Å². The highest BCUT2D eigenvalue weighted by atomic mass is 16.5. The summed E-state index contributed by atoms with van der Waals surface area (Å²) in [5.41, 5.74) is 15.9. The number of ether oxygens (including phenoxy) is 2. The van der Waals surface area contributed by atoms with E-state index in [4.69, 9.17) is 9.47 Å².